The molecule has 2 nitrogen and oxygen atoms in total. The molecule has 0 N–H and O–H groups in total. The molecule has 17 heavy (non-hydrogen) atoms. The molecular weight excluding hydrogens is 212 g/mol. The second-order valence-corrected chi connectivity index (χ2v) is 4.51. The summed E-state index contributed by atoms with van der Waals surface area (Å²) in [7, 11) is 0. The van der Waals surface area contributed by atoms with Crippen molar-refractivity contribution in [3.05, 3.63) is 12.2 Å². The van der Waals surface area contributed by atoms with E-state index in [1.807, 2.05) is 0 Å². The van der Waals surface area contributed by atoms with Crippen LogP contribution in [-0.4, -0.2) is 12.6 Å². The van der Waals surface area contributed by atoms with Crippen LogP contribution < -0.4 is 0 Å². The van der Waals surface area contributed by atoms with E-state index in [9.17, 15) is 4.79 Å². The van der Waals surface area contributed by atoms with Gasteiger partial charge in [-0.05, 0) is 25.7 Å². The van der Waals surface area contributed by atoms with Crippen LogP contribution in [-0.2, 0) is 9.53 Å². The molecule has 2 heteroatoms. The summed E-state index contributed by atoms with van der Waals surface area (Å²) in [5.74, 6) is -0.163. The standard InChI is InChI=1S/C15H28O2/c1-3-4-5-6-7-8-9-10-11-12-13-14-17-15(2)16/h5-6H,3-4,7-14H2,1-2H3/b6-5+. The van der Waals surface area contributed by atoms with Gasteiger partial charge in [0.05, 0.1) is 6.61 Å². The zero-order chi connectivity index (χ0) is 12.8. The van der Waals surface area contributed by atoms with Gasteiger partial charge in [0, 0.05) is 6.92 Å². The molecule has 0 spiro atoms. The number of carbonyl (C=O) groups excluding carboxylic acids is 1. The molecule has 100 valence electrons. The summed E-state index contributed by atoms with van der Waals surface area (Å²) in [5, 5.41) is 0. The van der Waals surface area contributed by atoms with Crippen molar-refractivity contribution >= 4 is 5.97 Å². The first-order valence-electron chi connectivity index (χ1n) is 7.05. The Labute approximate surface area is 106 Å². The van der Waals surface area contributed by atoms with Crippen LogP contribution in [0.1, 0.15) is 71.6 Å². The van der Waals surface area contributed by atoms with Gasteiger partial charge in [-0.15, -0.1) is 0 Å². The number of carbonyl (C=O) groups is 1. The van der Waals surface area contributed by atoms with E-state index < -0.39 is 0 Å². The minimum absolute atomic E-state index is 0.163. The van der Waals surface area contributed by atoms with Gasteiger partial charge in [-0.3, -0.25) is 4.79 Å². The number of esters is 1. The van der Waals surface area contributed by atoms with Gasteiger partial charge in [-0.2, -0.15) is 0 Å². The van der Waals surface area contributed by atoms with Gasteiger partial charge >= 0.3 is 5.97 Å². The number of unbranched alkanes of at least 4 members (excludes halogenated alkanes) is 7. The topological polar surface area (TPSA) is 26.3 Å². The van der Waals surface area contributed by atoms with E-state index in [1.54, 1.807) is 0 Å². The van der Waals surface area contributed by atoms with Crippen molar-refractivity contribution < 1.29 is 9.53 Å². The minimum atomic E-state index is -0.163. The summed E-state index contributed by atoms with van der Waals surface area (Å²) in [4.78, 5) is 10.5. The average Bonchev–Trinajstić information content (AvgIpc) is 2.30. The molecule has 0 aliphatic rings. The second-order valence-electron chi connectivity index (χ2n) is 4.51. The third-order valence-electron chi connectivity index (χ3n) is 2.69. The van der Waals surface area contributed by atoms with Crippen molar-refractivity contribution in [2.75, 3.05) is 6.61 Å². The van der Waals surface area contributed by atoms with Crippen LogP contribution in [0.4, 0.5) is 0 Å². The lowest BCUT2D eigenvalue weighted by Crippen LogP contribution is -1.99. The molecule has 0 heterocycles. The molecule has 0 atom stereocenters. The van der Waals surface area contributed by atoms with Crippen molar-refractivity contribution in [1.29, 1.82) is 0 Å². The Morgan fingerprint density at radius 1 is 0.941 bits per heavy atom. The van der Waals surface area contributed by atoms with Crippen LogP contribution in [0.15, 0.2) is 12.2 Å². The molecule has 0 unspecified atom stereocenters. The lowest BCUT2D eigenvalue weighted by molar-refractivity contribution is -0.141. The number of ether oxygens (including phenoxy) is 1. The van der Waals surface area contributed by atoms with E-state index in [0.29, 0.717) is 6.61 Å². The smallest absolute Gasteiger partial charge is 0.302 e. The molecule has 0 aromatic rings. The first kappa shape index (κ1) is 16.2. The molecule has 0 saturated heterocycles. The predicted octanol–water partition coefficient (Wildman–Crippen LogP) is 4.64. The number of allylic oxidation sites excluding steroid dienone is 2. The van der Waals surface area contributed by atoms with Gasteiger partial charge in [0.15, 0.2) is 0 Å². The number of hydrogen-bond donors (Lipinski definition) is 0. The normalized spacial score (nSPS) is 10.9. The Morgan fingerprint density at radius 3 is 2.18 bits per heavy atom. The summed E-state index contributed by atoms with van der Waals surface area (Å²) in [5.41, 5.74) is 0. The molecule has 0 bridgehead atoms. The fraction of sp³-hybridized carbons (Fsp3) is 0.800. The first-order chi connectivity index (χ1) is 8.27. The van der Waals surface area contributed by atoms with Crippen LogP contribution in [0, 0.1) is 0 Å². The Morgan fingerprint density at radius 2 is 1.53 bits per heavy atom. The molecular formula is C15H28O2. The first-order valence-corrected chi connectivity index (χ1v) is 7.05. The maximum atomic E-state index is 10.5. The van der Waals surface area contributed by atoms with E-state index in [4.69, 9.17) is 4.74 Å². The lowest BCUT2D eigenvalue weighted by Gasteiger charge is -2.02. The molecule has 0 fully saturated rings. The van der Waals surface area contributed by atoms with E-state index >= 15 is 0 Å². The average molecular weight is 240 g/mol. The van der Waals surface area contributed by atoms with Crippen LogP contribution >= 0.6 is 0 Å². The summed E-state index contributed by atoms with van der Waals surface area (Å²) in [6.07, 6.45) is 15.7. The minimum Gasteiger partial charge on any atom is -0.466 e. The zero-order valence-corrected chi connectivity index (χ0v) is 11.5. The zero-order valence-electron chi connectivity index (χ0n) is 11.5. The van der Waals surface area contributed by atoms with Gasteiger partial charge in [-0.25, -0.2) is 0 Å². The highest BCUT2D eigenvalue weighted by atomic mass is 16.5. The predicted molar refractivity (Wildman–Crippen MR) is 73.0 cm³/mol. The summed E-state index contributed by atoms with van der Waals surface area (Å²) < 4.78 is 4.88. The van der Waals surface area contributed by atoms with E-state index in [2.05, 4.69) is 19.1 Å². The van der Waals surface area contributed by atoms with Crippen LogP contribution in [0.2, 0.25) is 0 Å². The van der Waals surface area contributed by atoms with E-state index in [-0.39, 0.29) is 5.97 Å². The maximum Gasteiger partial charge on any atom is 0.302 e. The fourth-order valence-corrected chi connectivity index (χ4v) is 1.69. The van der Waals surface area contributed by atoms with E-state index in [0.717, 1.165) is 6.42 Å². The van der Waals surface area contributed by atoms with Crippen LogP contribution in [0.25, 0.3) is 0 Å². The van der Waals surface area contributed by atoms with Crippen LogP contribution in [0.3, 0.4) is 0 Å². The van der Waals surface area contributed by atoms with Crippen molar-refractivity contribution in [3.63, 3.8) is 0 Å². The van der Waals surface area contributed by atoms with Gasteiger partial charge in [0.2, 0.25) is 0 Å². The van der Waals surface area contributed by atoms with Gasteiger partial charge in [0.1, 0.15) is 0 Å². The summed E-state index contributed by atoms with van der Waals surface area (Å²) in [6.45, 7) is 4.27. The van der Waals surface area contributed by atoms with Gasteiger partial charge in [0.25, 0.3) is 0 Å². The molecule has 0 amide bonds. The molecule has 0 aromatic heterocycles. The Bertz CT molecular complexity index is 197. The van der Waals surface area contributed by atoms with Gasteiger partial charge < -0.3 is 4.74 Å². The molecule has 0 aromatic carbocycles. The van der Waals surface area contributed by atoms with Gasteiger partial charge in [-0.1, -0.05) is 51.2 Å². The molecule has 0 rings (SSSR count). The second kappa shape index (κ2) is 13.3. The Kier molecular flexibility index (Phi) is 12.7. The maximum absolute atomic E-state index is 10.5. The molecule has 0 aliphatic heterocycles. The Balaban J connectivity index is 3.01. The lowest BCUT2D eigenvalue weighted by atomic mass is 10.1. The fourth-order valence-electron chi connectivity index (χ4n) is 1.69. The number of rotatable bonds is 11. The quantitative estimate of drug-likeness (QED) is 0.299. The highest BCUT2D eigenvalue weighted by Gasteiger charge is 1.93. The van der Waals surface area contributed by atoms with E-state index in [1.165, 1.54) is 58.3 Å². The molecule has 0 radical (unpaired) electrons. The third kappa shape index (κ3) is 15.2. The van der Waals surface area contributed by atoms with Crippen molar-refractivity contribution in [3.8, 4) is 0 Å². The molecule has 0 saturated carbocycles. The Hall–Kier alpha value is -0.790. The number of hydrogen-bond acceptors (Lipinski definition) is 2. The van der Waals surface area contributed by atoms with Crippen molar-refractivity contribution in [1.82, 2.24) is 0 Å². The third-order valence-corrected chi connectivity index (χ3v) is 2.69. The largest absolute Gasteiger partial charge is 0.466 e. The highest BCUT2D eigenvalue weighted by Crippen LogP contribution is 2.08. The molecule has 0 aliphatic carbocycles. The highest BCUT2D eigenvalue weighted by molar-refractivity contribution is 5.65. The summed E-state index contributed by atoms with van der Waals surface area (Å²) >= 11 is 0. The van der Waals surface area contributed by atoms with Crippen molar-refractivity contribution in [2.24, 2.45) is 0 Å². The monoisotopic (exact) mass is 240 g/mol. The SMILES string of the molecule is CCC/C=C/CCCCCCCCOC(C)=O. The van der Waals surface area contributed by atoms with Crippen LogP contribution in [0.5, 0.6) is 0 Å². The van der Waals surface area contributed by atoms with Crippen molar-refractivity contribution in [2.45, 2.75) is 71.6 Å². The summed E-state index contributed by atoms with van der Waals surface area (Å²) in [6, 6.07) is 0.